The van der Waals surface area contributed by atoms with Gasteiger partial charge in [-0.3, -0.25) is 0 Å². The number of aryl methyl sites for hydroxylation is 1. The van der Waals surface area contributed by atoms with Crippen LogP contribution in [0.15, 0.2) is 23.6 Å². The summed E-state index contributed by atoms with van der Waals surface area (Å²) in [5, 5.41) is 12.2. The minimum Gasteiger partial charge on any atom is -0.502 e. The normalized spacial score (nSPS) is 10.7. The molecule has 2 rings (SSSR count). The summed E-state index contributed by atoms with van der Waals surface area (Å²) in [6.07, 6.45) is 6.12. The van der Waals surface area contributed by atoms with Crippen LogP contribution in [0.1, 0.15) is 38.2 Å². The van der Waals surface area contributed by atoms with Crippen molar-refractivity contribution in [3.63, 3.8) is 0 Å². The van der Waals surface area contributed by atoms with Gasteiger partial charge in [0, 0.05) is 4.88 Å². The molecule has 3 nitrogen and oxygen atoms in total. The zero-order valence-electron chi connectivity index (χ0n) is 13.5. The highest BCUT2D eigenvalue weighted by Gasteiger charge is 2.15. The number of aromatic hydroxyl groups is 1. The van der Waals surface area contributed by atoms with E-state index in [0.717, 1.165) is 12.0 Å². The molecule has 0 spiro atoms. The second-order valence-corrected chi connectivity index (χ2v) is 6.23. The maximum Gasteiger partial charge on any atom is 0.200 e. The Hall–Kier alpha value is -1.68. The van der Waals surface area contributed by atoms with Gasteiger partial charge in [0.25, 0.3) is 0 Å². The summed E-state index contributed by atoms with van der Waals surface area (Å²) < 4.78 is 10.5. The highest BCUT2D eigenvalue weighted by Crippen LogP contribution is 2.42. The number of unbranched alkanes of at least 4 members (excludes halogenated alkanes) is 3. The van der Waals surface area contributed by atoms with Gasteiger partial charge in [-0.2, -0.15) is 0 Å². The largest absolute Gasteiger partial charge is 0.502 e. The molecule has 120 valence electrons. The summed E-state index contributed by atoms with van der Waals surface area (Å²) in [6.45, 7) is 2.23. The lowest BCUT2D eigenvalue weighted by molar-refractivity contribution is 0.340. The lowest BCUT2D eigenvalue weighted by atomic mass is 10.0. The Kier molecular flexibility index (Phi) is 6.13. The Morgan fingerprint density at radius 3 is 2.32 bits per heavy atom. The van der Waals surface area contributed by atoms with E-state index in [1.807, 2.05) is 12.1 Å². The number of phenols is 1. The van der Waals surface area contributed by atoms with Crippen molar-refractivity contribution in [3.8, 4) is 27.7 Å². The standard InChI is InChI=1S/C18H24O3S/c1-4-5-6-7-8-13-9-10-22-18(13)14-11-15(20-2)17(19)16(12-14)21-3/h9-12,19H,4-8H2,1-3H3. The summed E-state index contributed by atoms with van der Waals surface area (Å²) in [5.74, 6) is 0.939. The fourth-order valence-corrected chi connectivity index (χ4v) is 3.50. The van der Waals surface area contributed by atoms with Crippen LogP contribution in [0.5, 0.6) is 17.2 Å². The molecule has 0 unspecified atom stereocenters. The van der Waals surface area contributed by atoms with Gasteiger partial charge < -0.3 is 14.6 Å². The molecule has 0 saturated heterocycles. The molecule has 0 aliphatic carbocycles. The summed E-state index contributed by atoms with van der Waals surface area (Å²) in [5.41, 5.74) is 2.39. The van der Waals surface area contributed by atoms with Crippen molar-refractivity contribution in [1.82, 2.24) is 0 Å². The predicted molar refractivity (Wildman–Crippen MR) is 92.4 cm³/mol. The third-order valence-electron chi connectivity index (χ3n) is 3.79. The summed E-state index contributed by atoms with van der Waals surface area (Å²) >= 11 is 1.72. The van der Waals surface area contributed by atoms with Crippen LogP contribution in [-0.2, 0) is 6.42 Å². The molecular formula is C18H24O3S. The molecule has 0 aliphatic heterocycles. The van der Waals surface area contributed by atoms with E-state index < -0.39 is 0 Å². The van der Waals surface area contributed by atoms with Gasteiger partial charge in [0.05, 0.1) is 14.2 Å². The molecule has 1 heterocycles. The van der Waals surface area contributed by atoms with Gasteiger partial charge in [-0.1, -0.05) is 26.2 Å². The van der Waals surface area contributed by atoms with Crippen molar-refractivity contribution in [1.29, 1.82) is 0 Å². The minimum atomic E-state index is 0.0507. The van der Waals surface area contributed by atoms with Crippen molar-refractivity contribution in [2.24, 2.45) is 0 Å². The van der Waals surface area contributed by atoms with Gasteiger partial charge in [-0.15, -0.1) is 11.3 Å². The van der Waals surface area contributed by atoms with E-state index in [1.54, 1.807) is 25.6 Å². The molecule has 0 atom stereocenters. The van der Waals surface area contributed by atoms with Crippen molar-refractivity contribution in [3.05, 3.63) is 29.1 Å². The number of benzene rings is 1. The smallest absolute Gasteiger partial charge is 0.200 e. The Morgan fingerprint density at radius 2 is 1.73 bits per heavy atom. The van der Waals surface area contributed by atoms with E-state index in [1.165, 1.54) is 36.1 Å². The van der Waals surface area contributed by atoms with Crippen molar-refractivity contribution in [2.45, 2.75) is 39.0 Å². The molecule has 1 aromatic carbocycles. The third-order valence-corrected chi connectivity index (χ3v) is 4.79. The molecule has 0 saturated carbocycles. The topological polar surface area (TPSA) is 38.7 Å². The minimum absolute atomic E-state index is 0.0507. The average Bonchev–Trinajstić information content (AvgIpc) is 3.00. The zero-order chi connectivity index (χ0) is 15.9. The first-order valence-electron chi connectivity index (χ1n) is 7.73. The van der Waals surface area contributed by atoms with Gasteiger partial charge in [0.1, 0.15) is 0 Å². The molecule has 1 N–H and O–H groups in total. The predicted octanol–water partition coefficient (Wildman–Crippen LogP) is 5.26. The lowest BCUT2D eigenvalue weighted by Crippen LogP contribution is -1.91. The number of phenolic OH excluding ortho intramolecular Hbond substituents is 1. The second kappa shape index (κ2) is 8.08. The van der Waals surface area contributed by atoms with Crippen molar-refractivity contribution >= 4 is 11.3 Å². The first kappa shape index (κ1) is 16.7. The van der Waals surface area contributed by atoms with Crippen LogP contribution in [0, 0.1) is 0 Å². The van der Waals surface area contributed by atoms with Crippen LogP contribution >= 0.6 is 11.3 Å². The highest BCUT2D eigenvalue weighted by atomic mass is 32.1. The Morgan fingerprint density at radius 1 is 1.05 bits per heavy atom. The number of rotatable bonds is 8. The first-order valence-corrected chi connectivity index (χ1v) is 8.61. The summed E-state index contributed by atoms with van der Waals surface area (Å²) in [7, 11) is 3.11. The fourth-order valence-electron chi connectivity index (χ4n) is 2.55. The van der Waals surface area contributed by atoms with Gasteiger partial charge >= 0.3 is 0 Å². The van der Waals surface area contributed by atoms with E-state index >= 15 is 0 Å². The van der Waals surface area contributed by atoms with E-state index in [9.17, 15) is 5.11 Å². The summed E-state index contributed by atoms with van der Waals surface area (Å²) in [6, 6.07) is 5.94. The molecule has 0 bridgehead atoms. The van der Waals surface area contributed by atoms with Crippen molar-refractivity contribution < 1.29 is 14.6 Å². The SMILES string of the molecule is CCCCCCc1ccsc1-c1cc(OC)c(O)c(OC)c1. The summed E-state index contributed by atoms with van der Waals surface area (Å²) in [4.78, 5) is 1.23. The van der Waals surface area contributed by atoms with Crippen LogP contribution in [0.4, 0.5) is 0 Å². The molecular weight excluding hydrogens is 296 g/mol. The second-order valence-electron chi connectivity index (χ2n) is 5.31. The molecule has 0 amide bonds. The highest BCUT2D eigenvalue weighted by molar-refractivity contribution is 7.13. The Labute approximate surface area is 136 Å². The maximum absolute atomic E-state index is 10.0. The van der Waals surface area contributed by atoms with Crippen LogP contribution < -0.4 is 9.47 Å². The zero-order valence-corrected chi connectivity index (χ0v) is 14.3. The van der Waals surface area contributed by atoms with Crippen LogP contribution in [-0.4, -0.2) is 19.3 Å². The Bertz CT molecular complexity index is 579. The van der Waals surface area contributed by atoms with E-state index in [2.05, 4.69) is 18.4 Å². The van der Waals surface area contributed by atoms with E-state index in [4.69, 9.17) is 9.47 Å². The number of thiophene rings is 1. The third kappa shape index (κ3) is 3.74. The van der Waals surface area contributed by atoms with Gasteiger partial charge in [-0.05, 0) is 47.5 Å². The van der Waals surface area contributed by atoms with E-state index in [0.29, 0.717) is 11.5 Å². The van der Waals surface area contributed by atoms with Gasteiger partial charge in [0.15, 0.2) is 11.5 Å². The average molecular weight is 320 g/mol. The molecule has 22 heavy (non-hydrogen) atoms. The van der Waals surface area contributed by atoms with Crippen molar-refractivity contribution in [2.75, 3.05) is 14.2 Å². The molecule has 0 radical (unpaired) electrons. The van der Waals surface area contributed by atoms with Gasteiger partial charge in [-0.25, -0.2) is 0 Å². The van der Waals surface area contributed by atoms with Crippen LogP contribution in [0.2, 0.25) is 0 Å². The Balaban J connectivity index is 2.26. The molecule has 1 aromatic heterocycles. The molecule has 0 fully saturated rings. The quantitative estimate of drug-likeness (QED) is 0.674. The number of hydrogen-bond donors (Lipinski definition) is 1. The molecule has 4 heteroatoms. The first-order chi connectivity index (χ1) is 10.7. The maximum atomic E-state index is 10.0. The number of ether oxygens (including phenoxy) is 2. The fraction of sp³-hybridized carbons (Fsp3) is 0.444. The van der Waals surface area contributed by atoms with Crippen LogP contribution in [0.25, 0.3) is 10.4 Å². The van der Waals surface area contributed by atoms with E-state index in [-0.39, 0.29) is 5.75 Å². The lowest BCUT2D eigenvalue weighted by Gasteiger charge is -2.11. The van der Waals surface area contributed by atoms with Gasteiger partial charge in [0.2, 0.25) is 5.75 Å². The monoisotopic (exact) mass is 320 g/mol. The molecule has 0 aliphatic rings. The number of hydrogen-bond acceptors (Lipinski definition) is 4. The molecule has 2 aromatic rings. The van der Waals surface area contributed by atoms with Crippen LogP contribution in [0.3, 0.4) is 0 Å². The number of methoxy groups -OCH3 is 2.